The Morgan fingerprint density at radius 1 is 1.38 bits per heavy atom. The fraction of sp³-hybridized carbons (Fsp3) is 0.471. The summed E-state index contributed by atoms with van der Waals surface area (Å²) in [7, 11) is 1.65. The molecule has 0 amide bonds. The smallest absolute Gasteiger partial charge is 0.218 e. The predicted octanol–water partition coefficient (Wildman–Crippen LogP) is 2.49. The third-order valence-electron chi connectivity index (χ3n) is 4.45. The number of methoxy groups -OCH3 is 1. The highest BCUT2D eigenvalue weighted by Gasteiger charge is 2.40. The molecule has 4 nitrogen and oxygen atoms in total. The Labute approximate surface area is 125 Å². The highest BCUT2D eigenvalue weighted by Crippen LogP contribution is 2.39. The number of fused-ring (bicyclic) bond motifs is 1. The number of hydrogen-bond donors (Lipinski definition) is 2. The third-order valence-corrected chi connectivity index (χ3v) is 4.45. The van der Waals surface area contributed by atoms with Crippen LogP contribution in [0.4, 0.5) is 0 Å². The second kappa shape index (κ2) is 5.62. The highest BCUT2D eigenvalue weighted by molar-refractivity contribution is 5.80. The van der Waals surface area contributed by atoms with E-state index in [-0.39, 0.29) is 12.1 Å². The molecule has 1 fully saturated rings. The van der Waals surface area contributed by atoms with Crippen molar-refractivity contribution in [3.8, 4) is 5.88 Å². The maximum absolute atomic E-state index is 9.66. The minimum absolute atomic E-state index is 0.154. The molecule has 4 heteroatoms. The number of nitrogens with zero attached hydrogens (tertiary/aromatic N) is 1. The molecule has 1 aliphatic rings. The van der Waals surface area contributed by atoms with E-state index in [1.54, 1.807) is 7.11 Å². The standard InChI is InChI=1S/C17H22N2O2/c1-17(11-20,14-7-8-14)18-10-13-9-12-5-3-4-6-15(12)19-16(13)21-2/h3-6,9,14,18,20H,7-8,10-11H2,1-2H3. The van der Waals surface area contributed by atoms with Crippen molar-refractivity contribution >= 4 is 10.9 Å². The Bertz CT molecular complexity index is 640. The van der Waals surface area contributed by atoms with Gasteiger partial charge in [0.15, 0.2) is 0 Å². The van der Waals surface area contributed by atoms with Crippen LogP contribution in [0.15, 0.2) is 30.3 Å². The van der Waals surface area contributed by atoms with Crippen molar-refractivity contribution in [2.45, 2.75) is 31.8 Å². The molecule has 0 spiro atoms. The molecule has 1 heterocycles. The van der Waals surface area contributed by atoms with Gasteiger partial charge in [-0.1, -0.05) is 18.2 Å². The van der Waals surface area contributed by atoms with Crippen molar-refractivity contribution < 1.29 is 9.84 Å². The van der Waals surface area contributed by atoms with Crippen LogP contribution < -0.4 is 10.1 Å². The molecule has 1 unspecified atom stereocenters. The minimum atomic E-state index is -0.212. The van der Waals surface area contributed by atoms with E-state index in [9.17, 15) is 5.11 Å². The molecule has 1 saturated carbocycles. The zero-order chi connectivity index (χ0) is 14.9. The van der Waals surface area contributed by atoms with Gasteiger partial charge in [-0.3, -0.25) is 0 Å². The number of pyridine rings is 1. The molecule has 3 rings (SSSR count). The molecule has 0 bridgehead atoms. The number of aliphatic hydroxyl groups excluding tert-OH is 1. The van der Waals surface area contributed by atoms with Gasteiger partial charge in [0, 0.05) is 23.0 Å². The summed E-state index contributed by atoms with van der Waals surface area (Å²) in [6.45, 7) is 2.89. The lowest BCUT2D eigenvalue weighted by Gasteiger charge is -2.29. The Hall–Kier alpha value is -1.65. The van der Waals surface area contributed by atoms with Gasteiger partial charge in [0.2, 0.25) is 5.88 Å². The molecule has 0 aliphatic heterocycles. The zero-order valence-corrected chi connectivity index (χ0v) is 12.6. The van der Waals surface area contributed by atoms with Crippen molar-refractivity contribution in [3.63, 3.8) is 0 Å². The first-order valence-electron chi connectivity index (χ1n) is 7.45. The van der Waals surface area contributed by atoms with E-state index in [0.29, 0.717) is 18.3 Å². The monoisotopic (exact) mass is 286 g/mol. The lowest BCUT2D eigenvalue weighted by Crippen LogP contribution is -2.47. The van der Waals surface area contributed by atoms with Gasteiger partial charge in [0.05, 0.1) is 19.2 Å². The van der Waals surface area contributed by atoms with Gasteiger partial charge in [-0.05, 0) is 37.8 Å². The van der Waals surface area contributed by atoms with Gasteiger partial charge < -0.3 is 15.2 Å². The summed E-state index contributed by atoms with van der Waals surface area (Å²) in [4.78, 5) is 4.56. The maximum Gasteiger partial charge on any atom is 0.218 e. The quantitative estimate of drug-likeness (QED) is 0.856. The Morgan fingerprint density at radius 2 is 2.14 bits per heavy atom. The van der Waals surface area contributed by atoms with Crippen molar-refractivity contribution in [3.05, 3.63) is 35.9 Å². The van der Waals surface area contributed by atoms with Crippen LogP contribution in [0.2, 0.25) is 0 Å². The third kappa shape index (κ3) is 2.87. The van der Waals surface area contributed by atoms with Gasteiger partial charge in [-0.2, -0.15) is 0 Å². The van der Waals surface area contributed by atoms with E-state index < -0.39 is 0 Å². The first kappa shape index (κ1) is 14.3. The number of rotatable bonds is 6. The Morgan fingerprint density at radius 3 is 2.81 bits per heavy atom. The van der Waals surface area contributed by atoms with Crippen LogP contribution >= 0.6 is 0 Å². The molecule has 1 aromatic heterocycles. The van der Waals surface area contributed by atoms with Crippen molar-refractivity contribution in [1.82, 2.24) is 10.3 Å². The first-order chi connectivity index (χ1) is 10.2. The lowest BCUT2D eigenvalue weighted by molar-refractivity contribution is 0.153. The van der Waals surface area contributed by atoms with E-state index >= 15 is 0 Å². The van der Waals surface area contributed by atoms with Crippen LogP contribution in [0.5, 0.6) is 5.88 Å². The summed E-state index contributed by atoms with van der Waals surface area (Å²) in [6.07, 6.45) is 2.38. The molecular formula is C17H22N2O2. The van der Waals surface area contributed by atoms with Crippen LogP contribution in [-0.2, 0) is 6.54 Å². The number of aliphatic hydroxyl groups is 1. The van der Waals surface area contributed by atoms with Crippen molar-refractivity contribution in [2.75, 3.05) is 13.7 Å². The number of hydrogen-bond acceptors (Lipinski definition) is 4. The molecule has 1 aliphatic carbocycles. The fourth-order valence-electron chi connectivity index (χ4n) is 2.79. The number of para-hydroxylation sites is 1. The van der Waals surface area contributed by atoms with Gasteiger partial charge in [-0.25, -0.2) is 4.98 Å². The van der Waals surface area contributed by atoms with Crippen LogP contribution in [0.1, 0.15) is 25.3 Å². The second-order valence-electron chi connectivity index (χ2n) is 6.05. The van der Waals surface area contributed by atoms with Crippen LogP contribution in [0.3, 0.4) is 0 Å². The molecule has 0 radical (unpaired) electrons. The van der Waals surface area contributed by atoms with Crippen molar-refractivity contribution in [1.29, 1.82) is 0 Å². The summed E-state index contributed by atoms with van der Waals surface area (Å²) in [5, 5.41) is 14.3. The van der Waals surface area contributed by atoms with Gasteiger partial charge in [0.25, 0.3) is 0 Å². The van der Waals surface area contributed by atoms with E-state index in [2.05, 4.69) is 29.4 Å². The molecule has 2 aromatic rings. The van der Waals surface area contributed by atoms with Gasteiger partial charge in [0.1, 0.15) is 0 Å². The summed E-state index contributed by atoms with van der Waals surface area (Å²) < 4.78 is 5.41. The zero-order valence-electron chi connectivity index (χ0n) is 12.6. The van der Waals surface area contributed by atoms with E-state index in [0.717, 1.165) is 16.5 Å². The van der Waals surface area contributed by atoms with Gasteiger partial charge in [-0.15, -0.1) is 0 Å². The molecule has 2 N–H and O–H groups in total. The largest absolute Gasteiger partial charge is 0.481 e. The lowest BCUT2D eigenvalue weighted by atomic mass is 9.96. The van der Waals surface area contributed by atoms with Crippen LogP contribution in [0, 0.1) is 5.92 Å². The summed E-state index contributed by atoms with van der Waals surface area (Å²) in [6, 6.07) is 10.1. The fourth-order valence-corrected chi connectivity index (χ4v) is 2.79. The Kier molecular flexibility index (Phi) is 3.83. The molecule has 1 atom stereocenters. The van der Waals surface area contributed by atoms with Crippen LogP contribution in [-0.4, -0.2) is 29.3 Å². The number of benzene rings is 1. The van der Waals surface area contributed by atoms with E-state index in [4.69, 9.17) is 4.74 Å². The first-order valence-corrected chi connectivity index (χ1v) is 7.45. The molecule has 0 saturated heterocycles. The topological polar surface area (TPSA) is 54.4 Å². The average molecular weight is 286 g/mol. The average Bonchev–Trinajstić information content (AvgIpc) is 3.37. The van der Waals surface area contributed by atoms with Crippen molar-refractivity contribution in [2.24, 2.45) is 5.92 Å². The highest BCUT2D eigenvalue weighted by atomic mass is 16.5. The molecular weight excluding hydrogens is 264 g/mol. The molecule has 1 aromatic carbocycles. The Balaban J connectivity index is 1.85. The predicted molar refractivity (Wildman–Crippen MR) is 83.3 cm³/mol. The van der Waals surface area contributed by atoms with Crippen LogP contribution in [0.25, 0.3) is 10.9 Å². The molecule has 112 valence electrons. The normalized spacial score (nSPS) is 17.7. The number of ether oxygens (including phenoxy) is 1. The number of nitrogens with one attached hydrogen (secondary N) is 1. The maximum atomic E-state index is 9.66. The minimum Gasteiger partial charge on any atom is -0.481 e. The number of aromatic nitrogens is 1. The SMILES string of the molecule is COc1nc2ccccc2cc1CNC(C)(CO)C1CC1. The molecule has 21 heavy (non-hydrogen) atoms. The summed E-state index contributed by atoms with van der Waals surface area (Å²) in [5.41, 5.74) is 1.75. The van der Waals surface area contributed by atoms with E-state index in [1.165, 1.54) is 12.8 Å². The summed E-state index contributed by atoms with van der Waals surface area (Å²) >= 11 is 0. The van der Waals surface area contributed by atoms with Gasteiger partial charge >= 0.3 is 0 Å². The second-order valence-corrected chi connectivity index (χ2v) is 6.05. The van der Waals surface area contributed by atoms with E-state index in [1.807, 2.05) is 18.2 Å². The summed E-state index contributed by atoms with van der Waals surface area (Å²) in [5.74, 6) is 1.22.